The van der Waals surface area contributed by atoms with E-state index in [4.69, 9.17) is 0 Å². The molecule has 2 rings (SSSR count). The second kappa shape index (κ2) is 1.91. The molecular formula is C12H22. The van der Waals surface area contributed by atoms with Gasteiger partial charge in [0.25, 0.3) is 0 Å². The molecule has 0 aromatic rings. The molecule has 0 aromatic carbocycles. The van der Waals surface area contributed by atoms with Crippen molar-refractivity contribution in [3.05, 3.63) is 0 Å². The lowest BCUT2D eigenvalue weighted by molar-refractivity contribution is -0.332. The van der Waals surface area contributed by atoms with Crippen molar-refractivity contribution < 1.29 is 0 Å². The van der Waals surface area contributed by atoms with Crippen LogP contribution >= 0.6 is 0 Å². The highest BCUT2D eigenvalue weighted by molar-refractivity contribution is 5.22. The molecule has 0 amide bonds. The summed E-state index contributed by atoms with van der Waals surface area (Å²) >= 11 is 0. The second-order valence-corrected chi connectivity index (χ2v) is 5.72. The van der Waals surface area contributed by atoms with Crippen molar-refractivity contribution in [2.45, 2.75) is 41.5 Å². The maximum absolute atomic E-state index is 2.50. The van der Waals surface area contributed by atoms with Gasteiger partial charge in [0, 0.05) is 0 Å². The highest BCUT2D eigenvalue weighted by Crippen LogP contribution is 2.80. The first-order chi connectivity index (χ1) is 5.38. The van der Waals surface area contributed by atoms with E-state index in [0.717, 1.165) is 23.7 Å². The zero-order valence-corrected chi connectivity index (χ0v) is 9.31. The Kier molecular flexibility index (Phi) is 1.37. The Bertz CT molecular complexity index is 176. The van der Waals surface area contributed by atoms with Crippen LogP contribution in [-0.4, -0.2) is 0 Å². The van der Waals surface area contributed by atoms with Crippen LogP contribution in [-0.2, 0) is 0 Å². The van der Waals surface area contributed by atoms with Gasteiger partial charge in [0.15, 0.2) is 0 Å². The molecule has 0 nitrogen and oxygen atoms in total. The lowest BCUT2D eigenvalue weighted by Gasteiger charge is -2.80. The predicted molar refractivity (Wildman–Crippen MR) is 52.9 cm³/mol. The lowest BCUT2D eigenvalue weighted by Crippen LogP contribution is -2.76. The van der Waals surface area contributed by atoms with Gasteiger partial charge in [-0.15, -0.1) is 0 Å². The third-order valence-electron chi connectivity index (χ3n) is 6.44. The monoisotopic (exact) mass is 166 g/mol. The third kappa shape index (κ3) is 0.482. The number of hydrogen-bond acceptors (Lipinski definition) is 0. The van der Waals surface area contributed by atoms with Crippen molar-refractivity contribution in [1.82, 2.24) is 0 Å². The number of fused-ring (bicyclic) bond motifs is 1. The zero-order valence-electron chi connectivity index (χ0n) is 9.31. The molecule has 0 aliphatic heterocycles. The van der Waals surface area contributed by atoms with Gasteiger partial charge in [0.05, 0.1) is 0 Å². The van der Waals surface area contributed by atoms with Crippen molar-refractivity contribution in [3.63, 3.8) is 0 Å². The van der Waals surface area contributed by atoms with Crippen molar-refractivity contribution in [1.29, 1.82) is 0 Å². The van der Waals surface area contributed by atoms with Gasteiger partial charge in [-0.2, -0.15) is 0 Å². The van der Waals surface area contributed by atoms with Crippen LogP contribution < -0.4 is 0 Å². The second-order valence-electron chi connectivity index (χ2n) is 5.72. The van der Waals surface area contributed by atoms with Crippen LogP contribution in [0.15, 0.2) is 0 Å². The molecule has 2 saturated carbocycles. The van der Waals surface area contributed by atoms with E-state index in [1.54, 1.807) is 0 Å². The van der Waals surface area contributed by atoms with E-state index < -0.39 is 0 Å². The van der Waals surface area contributed by atoms with Crippen LogP contribution in [0.2, 0.25) is 0 Å². The Hall–Kier alpha value is 0. The van der Waals surface area contributed by atoms with Gasteiger partial charge in [-0.05, 0) is 34.5 Å². The van der Waals surface area contributed by atoms with Crippen molar-refractivity contribution in [3.8, 4) is 0 Å². The Balaban J connectivity index is 2.33. The largest absolute Gasteiger partial charge is 0.0617 e. The zero-order chi connectivity index (χ0) is 9.31. The fourth-order valence-electron chi connectivity index (χ4n) is 4.68. The lowest BCUT2D eigenvalue weighted by atomic mass is 9.24. The smallest absolute Gasteiger partial charge is 0.0210 e. The number of rotatable bonds is 0. The Morgan fingerprint density at radius 1 is 0.583 bits per heavy atom. The Labute approximate surface area is 76.7 Å². The summed E-state index contributed by atoms with van der Waals surface area (Å²) in [6.45, 7) is 14.8. The van der Waals surface area contributed by atoms with Crippen LogP contribution in [0.5, 0.6) is 0 Å². The molecule has 0 aromatic heterocycles. The summed E-state index contributed by atoms with van der Waals surface area (Å²) in [5.41, 5.74) is 1.32. The van der Waals surface area contributed by atoms with Crippen LogP contribution in [0.3, 0.4) is 0 Å². The molecule has 12 heavy (non-hydrogen) atoms. The molecule has 0 spiro atoms. The van der Waals surface area contributed by atoms with Crippen LogP contribution in [0.4, 0.5) is 0 Å². The summed E-state index contributed by atoms with van der Waals surface area (Å²) in [7, 11) is 0. The van der Waals surface area contributed by atoms with Gasteiger partial charge >= 0.3 is 0 Å². The molecule has 70 valence electrons. The number of hydrogen-bond donors (Lipinski definition) is 0. The van der Waals surface area contributed by atoms with E-state index in [-0.39, 0.29) is 0 Å². The summed E-state index contributed by atoms with van der Waals surface area (Å²) in [6.07, 6.45) is 0. The van der Waals surface area contributed by atoms with Gasteiger partial charge in [-0.25, -0.2) is 0 Å². The Morgan fingerprint density at radius 3 is 0.917 bits per heavy atom. The van der Waals surface area contributed by atoms with Crippen molar-refractivity contribution in [2.75, 3.05) is 0 Å². The summed E-state index contributed by atoms with van der Waals surface area (Å²) in [4.78, 5) is 0. The molecule has 0 heterocycles. The SMILES string of the molecule is CC1C(C)C2(C)C(C)C(C)C12C. The molecule has 4 unspecified atom stereocenters. The molecule has 2 fully saturated rings. The topological polar surface area (TPSA) is 0 Å². The molecule has 0 bridgehead atoms. The molecule has 0 saturated heterocycles. The summed E-state index contributed by atoms with van der Waals surface area (Å²) in [5.74, 6) is 3.75. The summed E-state index contributed by atoms with van der Waals surface area (Å²) in [5, 5.41) is 0. The summed E-state index contributed by atoms with van der Waals surface area (Å²) in [6, 6.07) is 0. The first kappa shape index (κ1) is 8.59. The fraction of sp³-hybridized carbons (Fsp3) is 1.00. The third-order valence-corrected chi connectivity index (χ3v) is 6.44. The highest BCUT2D eigenvalue weighted by atomic mass is 14.8. The van der Waals surface area contributed by atoms with Gasteiger partial charge in [0.1, 0.15) is 0 Å². The van der Waals surface area contributed by atoms with Gasteiger partial charge in [-0.3, -0.25) is 0 Å². The highest BCUT2D eigenvalue weighted by Gasteiger charge is 2.75. The van der Waals surface area contributed by atoms with Crippen LogP contribution in [0.1, 0.15) is 41.5 Å². The van der Waals surface area contributed by atoms with Crippen molar-refractivity contribution in [2.24, 2.45) is 34.5 Å². The molecule has 0 radical (unpaired) electrons. The quantitative estimate of drug-likeness (QED) is 0.516. The molecule has 4 atom stereocenters. The predicted octanol–water partition coefficient (Wildman–Crippen LogP) is 3.57. The maximum atomic E-state index is 2.50. The van der Waals surface area contributed by atoms with Gasteiger partial charge < -0.3 is 0 Å². The van der Waals surface area contributed by atoms with Crippen LogP contribution in [0, 0.1) is 34.5 Å². The molecule has 0 heteroatoms. The standard InChI is InChI=1S/C12H22/c1-7-8(2)12(6)10(4)9(3)11(7,12)5/h7-10H,1-6H3. The van der Waals surface area contributed by atoms with Gasteiger partial charge in [-0.1, -0.05) is 41.5 Å². The van der Waals surface area contributed by atoms with E-state index in [2.05, 4.69) is 41.5 Å². The molecule has 2 aliphatic rings. The minimum absolute atomic E-state index is 0.659. The van der Waals surface area contributed by atoms with Gasteiger partial charge in [0.2, 0.25) is 0 Å². The van der Waals surface area contributed by atoms with E-state index >= 15 is 0 Å². The average molecular weight is 166 g/mol. The molecular weight excluding hydrogens is 144 g/mol. The first-order valence-electron chi connectivity index (χ1n) is 5.38. The average Bonchev–Trinajstić information content (AvgIpc) is 2.10. The van der Waals surface area contributed by atoms with E-state index in [0.29, 0.717) is 10.8 Å². The minimum Gasteiger partial charge on any atom is -0.0617 e. The van der Waals surface area contributed by atoms with E-state index in [9.17, 15) is 0 Å². The van der Waals surface area contributed by atoms with E-state index in [1.165, 1.54) is 0 Å². The maximum Gasteiger partial charge on any atom is -0.0210 e. The summed E-state index contributed by atoms with van der Waals surface area (Å²) < 4.78 is 0. The Morgan fingerprint density at radius 2 is 0.750 bits per heavy atom. The van der Waals surface area contributed by atoms with Crippen LogP contribution in [0.25, 0.3) is 0 Å². The van der Waals surface area contributed by atoms with E-state index in [1.807, 2.05) is 0 Å². The molecule has 0 N–H and O–H groups in total. The first-order valence-corrected chi connectivity index (χ1v) is 5.38. The minimum atomic E-state index is 0.659. The molecule has 2 aliphatic carbocycles. The normalized spacial score (nSPS) is 69.5. The van der Waals surface area contributed by atoms with Crippen molar-refractivity contribution >= 4 is 0 Å². The fourth-order valence-corrected chi connectivity index (χ4v) is 4.68.